The highest BCUT2D eigenvalue weighted by molar-refractivity contribution is 7.90. The van der Waals surface area contributed by atoms with Crippen LogP contribution in [0, 0.1) is 22.7 Å². The molecule has 5 aliphatic rings. The number of nitrogens with one attached hydrogen (secondary N) is 1. The van der Waals surface area contributed by atoms with Gasteiger partial charge in [-0.15, -0.1) is 0 Å². The van der Waals surface area contributed by atoms with E-state index in [-0.39, 0.29) is 40.4 Å². The smallest absolute Gasteiger partial charge is 0.259 e. The van der Waals surface area contributed by atoms with Crippen molar-refractivity contribution in [3.05, 3.63) is 35.9 Å². The molecule has 2 bridgehead atoms. The van der Waals surface area contributed by atoms with Crippen LogP contribution < -0.4 is 10.1 Å². The summed E-state index contributed by atoms with van der Waals surface area (Å²) in [6, 6.07) is 5.12. The van der Waals surface area contributed by atoms with E-state index < -0.39 is 16.1 Å². The molecule has 7 heteroatoms. The maximum Gasteiger partial charge on any atom is 0.259 e. The number of rotatable bonds is 2. The van der Waals surface area contributed by atoms with Gasteiger partial charge in [-0.2, -0.15) is 0 Å². The fraction of sp³-hybridized carbons (Fsp3) is 0.625. The number of carbonyl (C=O) groups is 1. The number of carbonyl (C=O) groups excluding carboxylic acids is 1. The second-order valence-electron chi connectivity index (χ2n) is 10.7. The van der Waals surface area contributed by atoms with Gasteiger partial charge < -0.3 is 10.1 Å². The largest absolute Gasteiger partial charge is 0.497 e. The molecule has 6 atom stereocenters. The van der Waals surface area contributed by atoms with Gasteiger partial charge in [0.1, 0.15) is 11.8 Å². The molecule has 0 aromatic heterocycles. The number of hydrogen-bond donors (Lipinski definition) is 1. The van der Waals surface area contributed by atoms with E-state index in [9.17, 15) is 13.2 Å². The Kier molecular flexibility index (Phi) is 3.84. The predicted molar refractivity (Wildman–Crippen MR) is 118 cm³/mol. The molecule has 2 aliphatic heterocycles. The van der Waals surface area contributed by atoms with E-state index in [1.54, 1.807) is 7.11 Å². The quantitative estimate of drug-likeness (QED) is 0.710. The van der Waals surface area contributed by atoms with E-state index in [1.807, 2.05) is 18.2 Å². The molecule has 31 heavy (non-hydrogen) atoms. The Morgan fingerprint density at radius 1 is 1.29 bits per heavy atom. The monoisotopic (exact) mass is 442 g/mol. The molecule has 3 fully saturated rings. The normalized spacial score (nSPS) is 40.2. The lowest BCUT2D eigenvalue weighted by atomic mass is 9.69. The van der Waals surface area contributed by atoms with Crippen LogP contribution in [0.15, 0.2) is 30.4 Å². The van der Waals surface area contributed by atoms with E-state index >= 15 is 0 Å². The lowest BCUT2D eigenvalue weighted by Gasteiger charge is -2.40. The maximum atomic E-state index is 13.9. The third-order valence-corrected chi connectivity index (χ3v) is 11.4. The molecule has 1 N–H and O–H groups in total. The van der Waals surface area contributed by atoms with Crippen LogP contribution in [0.1, 0.15) is 51.0 Å². The average Bonchev–Trinajstić information content (AvgIpc) is 3.42. The molecule has 1 spiro atoms. The number of nitrogens with zero attached hydrogens (tertiary/aromatic N) is 1. The number of allylic oxidation sites excluding steroid dienone is 2. The summed E-state index contributed by atoms with van der Waals surface area (Å²) in [6.07, 6.45) is 7.84. The second kappa shape index (κ2) is 6.06. The molecule has 2 heterocycles. The molecule has 1 aromatic rings. The fourth-order valence-corrected chi connectivity index (χ4v) is 10.2. The van der Waals surface area contributed by atoms with Crippen LogP contribution >= 0.6 is 0 Å². The van der Waals surface area contributed by atoms with Crippen molar-refractivity contribution in [3.8, 4) is 5.75 Å². The topological polar surface area (TPSA) is 75.7 Å². The summed E-state index contributed by atoms with van der Waals surface area (Å²) in [4.78, 5) is 13.9. The van der Waals surface area contributed by atoms with Gasteiger partial charge in [0, 0.05) is 22.9 Å². The molecule has 2 saturated carbocycles. The Labute approximate surface area is 184 Å². The number of methoxy groups -OCH3 is 1. The first-order valence-corrected chi connectivity index (χ1v) is 13.0. The van der Waals surface area contributed by atoms with Gasteiger partial charge in [-0.05, 0) is 60.8 Å². The third-order valence-electron chi connectivity index (χ3n) is 9.46. The molecule has 166 valence electrons. The Hall–Kier alpha value is -2.02. The lowest BCUT2D eigenvalue weighted by molar-refractivity contribution is -0.131. The molecular weight excluding hydrogens is 412 g/mol. The molecule has 1 amide bonds. The summed E-state index contributed by atoms with van der Waals surface area (Å²) in [5.74, 6) is 1.26. The van der Waals surface area contributed by atoms with Crippen molar-refractivity contribution in [3.63, 3.8) is 0 Å². The molecule has 1 saturated heterocycles. The summed E-state index contributed by atoms with van der Waals surface area (Å²) >= 11 is 0. The molecule has 0 radical (unpaired) electrons. The second-order valence-corrected chi connectivity index (χ2v) is 12.5. The van der Waals surface area contributed by atoms with Gasteiger partial charge in [-0.1, -0.05) is 26.0 Å². The lowest BCUT2D eigenvalue weighted by Crippen LogP contribution is -2.53. The first-order chi connectivity index (χ1) is 14.7. The van der Waals surface area contributed by atoms with Crippen molar-refractivity contribution in [2.24, 2.45) is 22.7 Å². The van der Waals surface area contributed by atoms with Crippen molar-refractivity contribution < 1.29 is 17.9 Å². The van der Waals surface area contributed by atoms with Crippen LogP contribution in [0.25, 0.3) is 0 Å². The van der Waals surface area contributed by atoms with E-state index in [0.29, 0.717) is 5.92 Å². The third kappa shape index (κ3) is 2.33. The van der Waals surface area contributed by atoms with Crippen LogP contribution in [0.5, 0.6) is 5.75 Å². The van der Waals surface area contributed by atoms with Crippen LogP contribution in [-0.2, 0) is 14.8 Å². The number of anilines is 1. The van der Waals surface area contributed by atoms with Gasteiger partial charge in [-0.25, -0.2) is 12.7 Å². The number of sulfonamides is 1. The Balaban J connectivity index is 1.38. The van der Waals surface area contributed by atoms with Crippen molar-refractivity contribution in [2.45, 2.75) is 57.5 Å². The number of hydrogen-bond acceptors (Lipinski definition) is 5. The average molecular weight is 443 g/mol. The minimum Gasteiger partial charge on any atom is -0.497 e. The number of benzene rings is 1. The molecule has 0 unspecified atom stereocenters. The molecule has 1 aromatic carbocycles. The maximum absolute atomic E-state index is 13.9. The number of fused-ring (bicyclic) bond motifs is 4. The van der Waals surface area contributed by atoms with E-state index in [1.165, 1.54) is 4.31 Å². The van der Waals surface area contributed by atoms with Gasteiger partial charge in [0.2, 0.25) is 10.0 Å². The first-order valence-electron chi connectivity index (χ1n) is 11.4. The van der Waals surface area contributed by atoms with E-state index in [0.717, 1.165) is 42.7 Å². The van der Waals surface area contributed by atoms with Gasteiger partial charge in [-0.3, -0.25) is 4.79 Å². The zero-order valence-electron chi connectivity index (χ0n) is 18.3. The fourth-order valence-electron chi connectivity index (χ4n) is 7.66. The Morgan fingerprint density at radius 3 is 2.84 bits per heavy atom. The van der Waals surface area contributed by atoms with Crippen LogP contribution in [0.2, 0.25) is 0 Å². The van der Waals surface area contributed by atoms with Gasteiger partial charge in [0.25, 0.3) is 5.91 Å². The highest BCUT2D eigenvalue weighted by Crippen LogP contribution is 2.70. The minimum absolute atomic E-state index is 0.0189. The molecule has 6 nitrogen and oxygen atoms in total. The zero-order chi connectivity index (χ0) is 21.8. The first kappa shape index (κ1) is 19.6. The summed E-state index contributed by atoms with van der Waals surface area (Å²) < 4.78 is 33.5. The number of amides is 1. The van der Waals surface area contributed by atoms with Gasteiger partial charge >= 0.3 is 0 Å². The highest BCUT2D eigenvalue weighted by Gasteiger charge is 2.72. The van der Waals surface area contributed by atoms with Crippen molar-refractivity contribution in [2.75, 3.05) is 18.2 Å². The molecular formula is C24H30N2O4S. The zero-order valence-corrected chi connectivity index (χ0v) is 19.1. The van der Waals surface area contributed by atoms with Crippen molar-refractivity contribution in [1.29, 1.82) is 0 Å². The Morgan fingerprint density at radius 2 is 2.10 bits per heavy atom. The summed E-state index contributed by atoms with van der Waals surface area (Å²) in [6.45, 7) is 4.43. The SMILES string of the molecule is COc1ccc2c(c1)[C@H]1C=CC[C@H]1[C@@H](C(=O)N1[C@H]3C[C@H]4CC[C@]3(CS1(=O)=O)C4(C)C)N2. The molecule has 6 rings (SSSR count). The predicted octanol–water partition coefficient (Wildman–Crippen LogP) is 3.52. The summed E-state index contributed by atoms with van der Waals surface area (Å²) in [7, 11) is -1.97. The van der Waals surface area contributed by atoms with Crippen LogP contribution in [0.4, 0.5) is 5.69 Å². The minimum atomic E-state index is -3.62. The van der Waals surface area contributed by atoms with E-state index in [2.05, 4.69) is 31.3 Å². The van der Waals surface area contributed by atoms with Crippen LogP contribution in [-0.4, -0.2) is 43.6 Å². The summed E-state index contributed by atoms with van der Waals surface area (Å²) in [5, 5.41) is 3.43. The van der Waals surface area contributed by atoms with Crippen LogP contribution in [0.3, 0.4) is 0 Å². The number of ether oxygens (including phenoxy) is 1. The Bertz CT molecular complexity index is 1110. The van der Waals surface area contributed by atoms with E-state index in [4.69, 9.17) is 4.74 Å². The van der Waals surface area contributed by atoms with Gasteiger partial charge in [0.05, 0.1) is 18.9 Å². The summed E-state index contributed by atoms with van der Waals surface area (Å²) in [5.41, 5.74) is 1.68. The standard InChI is InChI=1S/C24H30N2O4S/c1-23(2)14-9-10-24(23)13-31(28,29)26(20(24)11-14)22(27)21-17-6-4-5-16(17)18-12-15(30-3)7-8-19(18)25-21/h4-5,7-8,12,14,16-17,20-21,25H,6,9-11,13H2,1-3H3/t14-,16+,17-,20+,21+,24-/m1/s1. The molecule has 3 aliphatic carbocycles. The van der Waals surface area contributed by atoms with Crippen molar-refractivity contribution in [1.82, 2.24) is 4.31 Å². The van der Waals surface area contributed by atoms with Gasteiger partial charge in [0.15, 0.2) is 0 Å². The van der Waals surface area contributed by atoms with Crippen molar-refractivity contribution >= 4 is 21.6 Å². The highest BCUT2D eigenvalue weighted by atomic mass is 32.2.